The van der Waals surface area contributed by atoms with Gasteiger partial charge in [0.05, 0.1) is 29.5 Å². The summed E-state index contributed by atoms with van der Waals surface area (Å²) >= 11 is 17.5. The molecule has 352 valence electrons. The summed E-state index contributed by atoms with van der Waals surface area (Å²) in [6.45, 7) is 7.95. The van der Waals surface area contributed by atoms with Gasteiger partial charge in [0.2, 0.25) is 9.70 Å². The van der Waals surface area contributed by atoms with Crippen LogP contribution in [-0.4, -0.2) is 117 Å². The highest BCUT2D eigenvalue weighted by Crippen LogP contribution is 2.65. The van der Waals surface area contributed by atoms with E-state index in [1.54, 1.807) is 48.5 Å². The van der Waals surface area contributed by atoms with Crippen molar-refractivity contribution < 1.29 is 76.9 Å². The molecular formula is C45H50Cl3NO16. The van der Waals surface area contributed by atoms with Crippen molar-refractivity contribution in [1.29, 1.82) is 0 Å². The predicted molar refractivity (Wildman–Crippen MR) is 228 cm³/mol. The number of aliphatic hydroxyl groups is 2. The fourth-order valence-electron chi connectivity index (χ4n) is 10.0. The zero-order valence-corrected chi connectivity index (χ0v) is 38.7. The lowest BCUT2D eigenvalue weighted by molar-refractivity contribution is -0.346. The Bertz CT molecular complexity index is 2250. The summed E-state index contributed by atoms with van der Waals surface area (Å²) in [6.07, 6.45) is -12.7. The van der Waals surface area contributed by atoms with E-state index in [9.17, 15) is 39.0 Å². The number of halogens is 3. The highest BCUT2D eigenvalue weighted by atomic mass is 35.6. The second-order valence-corrected chi connectivity index (χ2v) is 20.0. The fraction of sp³-hybridized carbons (Fsp3) is 0.533. The topological polar surface area (TPSA) is 237 Å². The van der Waals surface area contributed by atoms with Gasteiger partial charge < -0.3 is 48.7 Å². The van der Waals surface area contributed by atoms with E-state index in [2.05, 4.69) is 5.32 Å². The molecule has 0 radical (unpaired) electrons. The Morgan fingerprint density at radius 2 is 1.51 bits per heavy atom. The fourth-order valence-corrected chi connectivity index (χ4v) is 10.2. The highest BCUT2D eigenvalue weighted by molar-refractivity contribution is 6.67. The van der Waals surface area contributed by atoms with Crippen LogP contribution in [0.5, 0.6) is 0 Å². The summed E-state index contributed by atoms with van der Waals surface area (Å²) in [4.78, 5) is 96.6. The van der Waals surface area contributed by atoms with Crippen LogP contribution in [-0.2, 0) is 57.1 Å². The third-order valence-corrected chi connectivity index (χ3v) is 13.4. The van der Waals surface area contributed by atoms with Gasteiger partial charge in [0, 0.05) is 39.0 Å². The lowest BCUT2D eigenvalue weighted by atomic mass is 9.44. The molecule has 0 aromatic heterocycles. The van der Waals surface area contributed by atoms with Crippen molar-refractivity contribution in [2.24, 2.45) is 16.7 Å². The van der Waals surface area contributed by atoms with E-state index in [0.717, 1.165) is 13.8 Å². The van der Waals surface area contributed by atoms with E-state index in [-0.39, 0.29) is 23.1 Å². The molecule has 2 aromatic carbocycles. The number of fused-ring (bicyclic) bond motifs is 5. The first-order chi connectivity index (χ1) is 30.3. The second kappa shape index (κ2) is 18.5. The molecule has 3 N–H and O–H groups in total. The Hall–Kier alpha value is -4.78. The van der Waals surface area contributed by atoms with Crippen LogP contribution in [0.4, 0.5) is 4.79 Å². The molecule has 4 aliphatic rings. The molecule has 20 heteroatoms. The zero-order chi connectivity index (χ0) is 48.0. The quantitative estimate of drug-likeness (QED) is 0.117. The molecule has 65 heavy (non-hydrogen) atoms. The van der Waals surface area contributed by atoms with Gasteiger partial charge in [-0.25, -0.2) is 14.4 Å². The highest BCUT2D eigenvalue weighted by Gasteiger charge is 2.79. The Kier molecular flexibility index (Phi) is 14.1. The SMILES string of the molecule is CC(=O)NC(c1ccccc1)C(O)C(=O)OC1CC2(O)C(OC(=O)c3ccccc3)C3C4(OC(C)=O)COC4CC(OC(=O)OCC(Cl)(Cl)Cl)[C@@]3(C)C(=O)C(OC(C)=O)C(=C1C)C2(C)C. The summed E-state index contributed by atoms with van der Waals surface area (Å²) < 4.78 is 39.3. The molecule has 2 saturated carbocycles. The molecule has 6 rings (SSSR count). The number of ketones is 1. The van der Waals surface area contributed by atoms with Gasteiger partial charge in [-0.05, 0) is 42.7 Å². The molecular weight excluding hydrogens is 917 g/mol. The van der Waals surface area contributed by atoms with Gasteiger partial charge in [-0.2, -0.15) is 0 Å². The molecule has 1 saturated heterocycles. The van der Waals surface area contributed by atoms with E-state index in [0.29, 0.717) is 5.56 Å². The van der Waals surface area contributed by atoms with E-state index >= 15 is 4.79 Å². The van der Waals surface area contributed by atoms with Crippen LogP contribution >= 0.6 is 34.8 Å². The summed E-state index contributed by atoms with van der Waals surface area (Å²) in [6, 6.07) is 14.4. The Morgan fingerprint density at radius 3 is 2.05 bits per heavy atom. The average Bonchev–Trinajstić information content (AvgIpc) is 3.22. The number of aliphatic hydroxyl groups excluding tert-OH is 1. The smallest absolute Gasteiger partial charge is 0.456 e. The van der Waals surface area contributed by atoms with E-state index in [1.807, 2.05) is 0 Å². The number of hydrogen-bond donors (Lipinski definition) is 3. The lowest BCUT2D eigenvalue weighted by Gasteiger charge is -2.67. The summed E-state index contributed by atoms with van der Waals surface area (Å²) in [7, 11) is 0. The number of hydrogen-bond acceptors (Lipinski definition) is 16. The van der Waals surface area contributed by atoms with Crippen LogP contribution in [0.1, 0.15) is 83.3 Å². The Balaban J connectivity index is 1.60. The maximum absolute atomic E-state index is 15.9. The molecule has 2 bridgehead atoms. The number of amides is 1. The van der Waals surface area contributed by atoms with E-state index in [4.69, 9.17) is 68.0 Å². The number of carbonyl (C=O) groups excluding carboxylic acids is 7. The number of ether oxygens (including phenoxy) is 7. The van der Waals surface area contributed by atoms with E-state index in [1.165, 1.54) is 46.8 Å². The van der Waals surface area contributed by atoms with Crippen molar-refractivity contribution in [3.05, 3.63) is 82.9 Å². The minimum Gasteiger partial charge on any atom is -0.456 e. The lowest BCUT2D eigenvalue weighted by Crippen LogP contribution is -2.82. The number of alkyl halides is 3. The predicted octanol–water partition coefficient (Wildman–Crippen LogP) is 4.97. The molecule has 11 atom stereocenters. The van der Waals surface area contributed by atoms with Crippen LogP contribution in [0.2, 0.25) is 0 Å². The van der Waals surface area contributed by atoms with Crippen molar-refractivity contribution in [2.45, 2.75) is 119 Å². The monoisotopic (exact) mass is 965 g/mol. The summed E-state index contributed by atoms with van der Waals surface area (Å²) in [5.41, 5.74) is -8.07. The standard InChI is InChI=1S/C45H50Cl3NO16/c1-22-28(62-39(56)33(53)32(49-23(2)50)26-14-10-8-11-15-26)19-44(58)37(64-38(55)27-16-12-9-13-17-27)35-42(7,36(54)34(61-24(3)51)31(22)41(44,5)6)29(63-40(57)60-21-45(46,47)48)18-30-43(35,20-59-30)65-25(4)52/h8-17,28-30,32-35,37,53,58H,18-21H2,1-7H3,(H,49,50)/t28?,29?,30?,32?,33?,34?,35?,37?,42-,43?,44?/m1/s1. The number of benzene rings is 2. The van der Waals surface area contributed by atoms with Crippen LogP contribution < -0.4 is 5.32 Å². The Morgan fingerprint density at radius 1 is 0.892 bits per heavy atom. The largest absolute Gasteiger partial charge is 0.508 e. The minimum absolute atomic E-state index is 0.00223. The van der Waals surface area contributed by atoms with Crippen molar-refractivity contribution in [1.82, 2.24) is 5.32 Å². The first-order valence-corrected chi connectivity index (χ1v) is 21.7. The van der Waals surface area contributed by atoms with Gasteiger partial charge in [-0.1, -0.05) is 97.2 Å². The van der Waals surface area contributed by atoms with Crippen LogP contribution in [0.25, 0.3) is 0 Å². The number of esters is 4. The van der Waals surface area contributed by atoms with Crippen molar-refractivity contribution in [3.8, 4) is 0 Å². The molecule has 10 unspecified atom stereocenters. The van der Waals surface area contributed by atoms with Crippen molar-refractivity contribution in [3.63, 3.8) is 0 Å². The number of Topliss-reactive ketones (excluding diaryl/α,β-unsaturated/α-hetero) is 1. The number of rotatable bonds is 11. The van der Waals surface area contributed by atoms with Gasteiger partial charge in [0.25, 0.3) is 0 Å². The minimum atomic E-state index is -2.51. The second-order valence-electron chi connectivity index (χ2n) is 17.5. The van der Waals surface area contributed by atoms with Gasteiger partial charge in [-0.3, -0.25) is 19.2 Å². The molecule has 17 nitrogen and oxygen atoms in total. The first-order valence-electron chi connectivity index (χ1n) is 20.6. The molecule has 3 aliphatic carbocycles. The zero-order valence-electron chi connectivity index (χ0n) is 36.5. The number of nitrogens with one attached hydrogen (secondary N) is 1. The summed E-state index contributed by atoms with van der Waals surface area (Å²) in [5, 5.41) is 27.9. The average molecular weight is 967 g/mol. The molecule has 2 aromatic rings. The maximum Gasteiger partial charge on any atom is 0.508 e. The molecule has 3 fully saturated rings. The molecule has 0 spiro atoms. The molecule has 1 aliphatic heterocycles. The normalized spacial score (nSPS) is 31.1. The maximum atomic E-state index is 15.9. The number of carbonyl (C=O) groups is 7. The van der Waals surface area contributed by atoms with Gasteiger partial charge in [-0.15, -0.1) is 0 Å². The molecule has 1 amide bonds. The van der Waals surface area contributed by atoms with Crippen LogP contribution in [0.3, 0.4) is 0 Å². The molecule has 1 heterocycles. The van der Waals surface area contributed by atoms with Gasteiger partial charge in [0.15, 0.2) is 23.6 Å². The third-order valence-electron chi connectivity index (χ3n) is 13.1. The van der Waals surface area contributed by atoms with Crippen molar-refractivity contribution >= 4 is 76.5 Å². The summed E-state index contributed by atoms with van der Waals surface area (Å²) in [5.74, 6) is -7.38. The van der Waals surface area contributed by atoms with Gasteiger partial charge >= 0.3 is 30.0 Å². The van der Waals surface area contributed by atoms with Crippen LogP contribution in [0, 0.1) is 16.7 Å². The Labute approximate surface area is 389 Å². The van der Waals surface area contributed by atoms with Crippen LogP contribution in [0.15, 0.2) is 71.8 Å². The van der Waals surface area contributed by atoms with Crippen molar-refractivity contribution in [2.75, 3.05) is 13.2 Å². The van der Waals surface area contributed by atoms with E-state index < -0.39 is 136 Å². The first kappa shape index (κ1) is 49.6. The third kappa shape index (κ3) is 9.32. The van der Waals surface area contributed by atoms with Gasteiger partial charge in [0.1, 0.15) is 36.6 Å².